The van der Waals surface area contributed by atoms with E-state index in [4.69, 9.17) is 14.8 Å². The zero-order valence-electron chi connectivity index (χ0n) is 20.3. The number of ether oxygens (including phenoxy) is 1. The molecule has 2 aliphatic rings. The molecule has 8 heteroatoms. The van der Waals surface area contributed by atoms with Gasteiger partial charge in [-0.1, -0.05) is 42.5 Å². The fourth-order valence-electron chi connectivity index (χ4n) is 4.96. The van der Waals surface area contributed by atoms with Crippen LogP contribution < -0.4 is 9.75 Å². The van der Waals surface area contributed by atoms with Gasteiger partial charge in [-0.15, -0.1) is 0 Å². The second-order valence-corrected chi connectivity index (χ2v) is 9.08. The molecule has 184 valence electrons. The number of para-hydroxylation sites is 2. The summed E-state index contributed by atoms with van der Waals surface area (Å²) in [5.74, 6) is -0.175. The number of hydrogen-bond donors (Lipinski definition) is 0. The molecule has 3 aromatic carbocycles. The van der Waals surface area contributed by atoms with Crippen LogP contribution in [-0.2, 0) is 4.79 Å². The molecule has 0 saturated carbocycles. The summed E-state index contributed by atoms with van der Waals surface area (Å²) in [5, 5.41) is 11.6. The quantitative estimate of drug-likeness (QED) is 0.329. The van der Waals surface area contributed by atoms with Crippen molar-refractivity contribution in [3.8, 4) is 11.6 Å². The largest absolute Gasteiger partial charge is 0.471 e. The number of amides is 1. The lowest BCUT2D eigenvalue weighted by Gasteiger charge is -2.14. The van der Waals surface area contributed by atoms with Crippen molar-refractivity contribution < 1.29 is 13.9 Å². The second kappa shape index (κ2) is 8.48. The van der Waals surface area contributed by atoms with Crippen LogP contribution in [0.25, 0.3) is 22.2 Å². The summed E-state index contributed by atoms with van der Waals surface area (Å²) in [4.78, 5) is 18.8. The zero-order chi connectivity index (χ0) is 25.8. The Kier molecular flexibility index (Phi) is 4.94. The first kappa shape index (κ1) is 22.1. The molecule has 0 spiro atoms. The van der Waals surface area contributed by atoms with Crippen LogP contribution in [0.1, 0.15) is 17.0 Å². The summed E-state index contributed by atoms with van der Waals surface area (Å²) in [7, 11) is 0. The highest BCUT2D eigenvalue weighted by molar-refractivity contribution is 6.36. The Labute approximate surface area is 217 Å². The second-order valence-electron chi connectivity index (χ2n) is 9.08. The lowest BCUT2D eigenvalue weighted by Crippen LogP contribution is -2.22. The molecule has 0 bridgehead atoms. The Bertz CT molecular complexity index is 1810. The van der Waals surface area contributed by atoms with Crippen LogP contribution in [0.4, 0.5) is 10.1 Å². The van der Waals surface area contributed by atoms with E-state index in [2.05, 4.69) is 5.10 Å². The van der Waals surface area contributed by atoms with Crippen molar-refractivity contribution in [2.75, 3.05) is 11.6 Å². The van der Waals surface area contributed by atoms with Crippen LogP contribution in [0, 0.1) is 12.7 Å². The molecule has 0 saturated heterocycles. The van der Waals surface area contributed by atoms with Crippen LogP contribution in [-0.4, -0.2) is 33.0 Å². The normalized spacial score (nSPS) is 14.7. The summed E-state index contributed by atoms with van der Waals surface area (Å²) < 4.78 is 22.2. The highest BCUT2D eigenvalue weighted by Gasteiger charge is 2.40. The number of carbonyl (C=O) groups excluding carboxylic acids is 1. The number of pyridine rings is 1. The van der Waals surface area contributed by atoms with Gasteiger partial charge in [-0.2, -0.15) is 15.2 Å². The molecule has 0 N–H and O–H groups in total. The summed E-state index contributed by atoms with van der Waals surface area (Å²) in [5.41, 5.74) is 5.23. The fraction of sp³-hybridized carbons (Fsp3) is 0.0667. The predicted octanol–water partition coefficient (Wildman–Crippen LogP) is 5.47. The molecule has 38 heavy (non-hydrogen) atoms. The summed E-state index contributed by atoms with van der Waals surface area (Å²) >= 11 is 0. The van der Waals surface area contributed by atoms with Crippen LogP contribution in [0.5, 0.6) is 5.88 Å². The summed E-state index contributed by atoms with van der Waals surface area (Å²) in [6, 6.07) is 27.1. The molecule has 0 fully saturated rings. The third kappa shape index (κ3) is 3.42. The topological polar surface area (TPSA) is 72.6 Å². The molecule has 7 rings (SSSR count). The predicted molar refractivity (Wildman–Crippen MR) is 143 cm³/mol. The van der Waals surface area contributed by atoms with E-state index < -0.39 is 0 Å². The number of aromatic nitrogens is 3. The van der Waals surface area contributed by atoms with Crippen molar-refractivity contribution in [2.45, 2.75) is 6.92 Å². The van der Waals surface area contributed by atoms with Gasteiger partial charge in [0.25, 0.3) is 5.91 Å². The molecule has 0 unspecified atom stereocenters. The Morgan fingerprint density at radius 3 is 2.34 bits per heavy atom. The molecular formula is C30H20FN5O2. The molecule has 0 atom stereocenters. The number of hydrogen-bond acceptors (Lipinski definition) is 5. The molecule has 1 amide bonds. The van der Waals surface area contributed by atoms with Crippen molar-refractivity contribution in [2.24, 2.45) is 5.10 Å². The first-order valence-electron chi connectivity index (χ1n) is 12.1. The van der Waals surface area contributed by atoms with Gasteiger partial charge in [0, 0.05) is 17.0 Å². The lowest BCUT2D eigenvalue weighted by atomic mass is 9.94. The fourth-order valence-corrected chi connectivity index (χ4v) is 4.96. The number of benzene rings is 3. The maximum Gasteiger partial charge on any atom is 0.281 e. The van der Waals surface area contributed by atoms with E-state index in [0.29, 0.717) is 50.9 Å². The van der Waals surface area contributed by atoms with Crippen LogP contribution >= 0.6 is 0 Å². The van der Waals surface area contributed by atoms with Gasteiger partial charge in [-0.05, 0) is 49.4 Å². The van der Waals surface area contributed by atoms with Crippen molar-refractivity contribution in [1.82, 2.24) is 14.8 Å². The minimum Gasteiger partial charge on any atom is -0.471 e. The monoisotopic (exact) mass is 501 g/mol. The average molecular weight is 502 g/mol. The third-order valence-electron chi connectivity index (χ3n) is 6.69. The molecule has 0 radical (unpaired) electrons. The molecule has 0 aliphatic carbocycles. The van der Waals surface area contributed by atoms with E-state index in [1.54, 1.807) is 10.7 Å². The number of rotatable bonds is 3. The van der Waals surface area contributed by atoms with Crippen molar-refractivity contribution in [3.63, 3.8) is 0 Å². The van der Waals surface area contributed by atoms with Gasteiger partial charge in [0.2, 0.25) is 5.88 Å². The van der Waals surface area contributed by atoms with Gasteiger partial charge < -0.3 is 4.74 Å². The standard InChI is InChI=1S/C30H20FN5O2/c1-18-26-27(23-15-13-19-12-14-20(31)16-24(19)32-23)28-25(34-35(29(28)37)21-8-4-2-5-9-21)17-38-30(26)36(33-18)22-10-6-3-7-11-22/h2-16H,17H2,1H3. The Morgan fingerprint density at radius 1 is 0.868 bits per heavy atom. The number of hydrazone groups is 1. The maximum absolute atomic E-state index is 14.1. The van der Waals surface area contributed by atoms with Gasteiger partial charge >= 0.3 is 0 Å². The molecule has 4 heterocycles. The summed E-state index contributed by atoms with van der Waals surface area (Å²) in [6.45, 7) is 1.94. The molecule has 2 aliphatic heterocycles. The maximum atomic E-state index is 14.1. The van der Waals surface area contributed by atoms with Crippen LogP contribution in [0.2, 0.25) is 0 Å². The van der Waals surface area contributed by atoms with E-state index in [1.165, 1.54) is 17.1 Å². The van der Waals surface area contributed by atoms with Gasteiger partial charge in [-0.25, -0.2) is 14.1 Å². The zero-order valence-corrected chi connectivity index (χ0v) is 20.3. The number of fused-ring (bicyclic) bond motifs is 3. The first-order chi connectivity index (χ1) is 18.6. The number of carbonyl (C=O) groups is 1. The third-order valence-corrected chi connectivity index (χ3v) is 6.69. The lowest BCUT2D eigenvalue weighted by molar-refractivity contribution is -0.114. The molecule has 5 aromatic rings. The van der Waals surface area contributed by atoms with E-state index in [0.717, 1.165) is 11.1 Å². The number of aryl methyl sites for hydroxylation is 1. The molecule has 7 nitrogen and oxygen atoms in total. The van der Waals surface area contributed by atoms with Crippen molar-refractivity contribution >= 4 is 33.8 Å². The smallest absolute Gasteiger partial charge is 0.281 e. The van der Waals surface area contributed by atoms with Crippen LogP contribution in [0.3, 0.4) is 0 Å². The van der Waals surface area contributed by atoms with E-state index in [1.807, 2.05) is 79.7 Å². The highest BCUT2D eigenvalue weighted by Crippen LogP contribution is 2.42. The van der Waals surface area contributed by atoms with E-state index in [-0.39, 0.29) is 18.3 Å². The molecular weight excluding hydrogens is 481 g/mol. The van der Waals surface area contributed by atoms with Crippen LogP contribution in [0.15, 0.2) is 102 Å². The van der Waals surface area contributed by atoms with E-state index in [9.17, 15) is 9.18 Å². The minimum absolute atomic E-state index is 0.0705. The Morgan fingerprint density at radius 2 is 1.58 bits per heavy atom. The SMILES string of the molecule is Cc1nn(-c2ccccc2)c2c1C(c1ccc3ccc(F)cc3n1)=C1C(=O)N(c3ccccc3)N=C1CO2. The van der Waals surface area contributed by atoms with E-state index >= 15 is 0 Å². The van der Waals surface area contributed by atoms with Gasteiger partial charge in [0.15, 0.2) is 0 Å². The summed E-state index contributed by atoms with van der Waals surface area (Å²) in [6.07, 6.45) is 0. The van der Waals surface area contributed by atoms with Gasteiger partial charge in [-0.3, -0.25) is 4.79 Å². The first-order valence-corrected chi connectivity index (χ1v) is 12.1. The molecule has 2 aromatic heterocycles. The number of halogens is 1. The highest BCUT2D eigenvalue weighted by atomic mass is 19.1. The van der Waals surface area contributed by atoms with Gasteiger partial charge in [0.1, 0.15) is 18.1 Å². The van der Waals surface area contributed by atoms with Gasteiger partial charge in [0.05, 0.1) is 39.4 Å². The van der Waals surface area contributed by atoms with Crippen molar-refractivity contribution in [3.05, 3.63) is 119 Å². The Hall–Kier alpha value is -5.11. The average Bonchev–Trinajstić information content (AvgIpc) is 3.38. The number of nitrogens with zero attached hydrogens (tertiary/aromatic N) is 5. The number of anilines is 1. The minimum atomic E-state index is -0.382. The Balaban J connectivity index is 1.51. The van der Waals surface area contributed by atoms with Crippen molar-refractivity contribution in [1.29, 1.82) is 0 Å².